The van der Waals surface area contributed by atoms with E-state index in [9.17, 15) is 0 Å². The quantitative estimate of drug-likeness (QED) is 0.842. The first-order chi connectivity index (χ1) is 8.91. The lowest BCUT2D eigenvalue weighted by molar-refractivity contribution is 0.504. The lowest BCUT2D eigenvalue weighted by Gasteiger charge is -2.24. The van der Waals surface area contributed by atoms with Crippen LogP contribution in [0.15, 0.2) is 60.7 Å². The van der Waals surface area contributed by atoms with Crippen LogP contribution in [0.1, 0.15) is 23.6 Å². The molecule has 0 amide bonds. The Bertz CT molecular complexity index is 548. The van der Waals surface area contributed by atoms with Crippen molar-refractivity contribution >= 4 is 0 Å². The number of benzene rings is 2. The lowest BCUT2D eigenvalue weighted by atomic mass is 9.84. The third kappa shape index (κ3) is 1.31. The molecule has 2 fully saturated rings. The first-order valence-electron chi connectivity index (χ1n) is 6.75. The van der Waals surface area contributed by atoms with Crippen LogP contribution < -0.4 is 5.32 Å². The van der Waals surface area contributed by atoms with E-state index in [1.807, 2.05) is 0 Å². The Morgan fingerprint density at radius 2 is 1.56 bits per heavy atom. The first-order valence-corrected chi connectivity index (χ1v) is 6.75. The van der Waals surface area contributed by atoms with E-state index in [1.165, 1.54) is 17.5 Å². The van der Waals surface area contributed by atoms with Gasteiger partial charge in [0, 0.05) is 11.5 Å². The van der Waals surface area contributed by atoms with Crippen LogP contribution in [0.4, 0.5) is 0 Å². The van der Waals surface area contributed by atoms with Crippen molar-refractivity contribution in [2.75, 3.05) is 6.54 Å². The summed E-state index contributed by atoms with van der Waals surface area (Å²) >= 11 is 0. The van der Waals surface area contributed by atoms with Gasteiger partial charge in [-0.05, 0) is 30.0 Å². The Morgan fingerprint density at radius 3 is 2.22 bits per heavy atom. The molecule has 1 nitrogen and oxygen atoms in total. The van der Waals surface area contributed by atoms with Gasteiger partial charge in [0.25, 0.3) is 0 Å². The number of nitrogens with one attached hydrogen (secondary N) is 1. The summed E-state index contributed by atoms with van der Waals surface area (Å²) in [6.45, 7) is 1.16. The van der Waals surface area contributed by atoms with Crippen LogP contribution in [0.25, 0.3) is 0 Å². The van der Waals surface area contributed by atoms with Gasteiger partial charge < -0.3 is 5.32 Å². The smallest absolute Gasteiger partial charge is 0.0421 e. The normalized spacial score (nSPS) is 33.1. The zero-order chi connectivity index (χ0) is 12.0. The van der Waals surface area contributed by atoms with Crippen molar-refractivity contribution < 1.29 is 0 Å². The van der Waals surface area contributed by atoms with Crippen LogP contribution in [-0.2, 0) is 5.41 Å². The average molecular weight is 235 g/mol. The maximum absolute atomic E-state index is 3.71. The molecule has 2 aliphatic rings. The van der Waals surface area contributed by atoms with E-state index < -0.39 is 0 Å². The third-order valence-electron chi connectivity index (χ3n) is 4.68. The van der Waals surface area contributed by atoms with E-state index in [-0.39, 0.29) is 0 Å². The summed E-state index contributed by atoms with van der Waals surface area (Å²) in [4.78, 5) is 0. The Balaban J connectivity index is 1.78. The molecule has 1 saturated heterocycles. The van der Waals surface area contributed by atoms with Gasteiger partial charge in [-0.15, -0.1) is 0 Å². The highest BCUT2D eigenvalue weighted by atomic mass is 15.0. The minimum absolute atomic E-state index is 0.364. The molecule has 90 valence electrons. The second-order valence-corrected chi connectivity index (χ2v) is 5.56. The second kappa shape index (κ2) is 3.69. The second-order valence-electron chi connectivity index (χ2n) is 5.56. The van der Waals surface area contributed by atoms with E-state index in [4.69, 9.17) is 0 Å². The van der Waals surface area contributed by atoms with Crippen molar-refractivity contribution in [2.24, 2.45) is 5.92 Å². The van der Waals surface area contributed by atoms with Crippen LogP contribution in [0.2, 0.25) is 0 Å². The van der Waals surface area contributed by atoms with Gasteiger partial charge in [0.1, 0.15) is 0 Å². The van der Waals surface area contributed by atoms with Gasteiger partial charge in [0.15, 0.2) is 0 Å². The summed E-state index contributed by atoms with van der Waals surface area (Å²) in [5.74, 6) is 0.824. The molecular formula is C17H17N. The zero-order valence-corrected chi connectivity index (χ0v) is 10.3. The van der Waals surface area contributed by atoms with Crippen molar-refractivity contribution in [2.45, 2.75) is 17.9 Å². The molecule has 1 heteroatoms. The Hall–Kier alpha value is -1.60. The average Bonchev–Trinajstić information content (AvgIpc) is 3.07. The van der Waals surface area contributed by atoms with Crippen LogP contribution in [0, 0.1) is 5.92 Å². The molecule has 0 aromatic heterocycles. The first kappa shape index (κ1) is 10.3. The maximum Gasteiger partial charge on any atom is 0.0421 e. The third-order valence-corrected chi connectivity index (χ3v) is 4.68. The van der Waals surface area contributed by atoms with Crippen LogP contribution >= 0.6 is 0 Å². The molecule has 0 unspecified atom stereocenters. The van der Waals surface area contributed by atoms with Gasteiger partial charge >= 0.3 is 0 Å². The van der Waals surface area contributed by atoms with Gasteiger partial charge in [-0.3, -0.25) is 0 Å². The zero-order valence-electron chi connectivity index (χ0n) is 10.3. The fourth-order valence-corrected chi connectivity index (χ4v) is 3.73. The van der Waals surface area contributed by atoms with Gasteiger partial charge in [-0.25, -0.2) is 0 Å². The van der Waals surface area contributed by atoms with E-state index in [2.05, 4.69) is 66.0 Å². The SMILES string of the molecule is c1ccc([C@H]2NC[C@@H]3C[C@@]32c2ccccc2)cc1. The largest absolute Gasteiger partial charge is 0.309 e. The number of piperidine rings is 1. The number of hydrogen-bond acceptors (Lipinski definition) is 1. The molecule has 1 aliphatic carbocycles. The topological polar surface area (TPSA) is 12.0 Å². The minimum atomic E-state index is 0.364. The Kier molecular flexibility index (Phi) is 2.12. The van der Waals surface area contributed by atoms with Crippen molar-refractivity contribution in [1.29, 1.82) is 0 Å². The van der Waals surface area contributed by atoms with E-state index in [0.29, 0.717) is 11.5 Å². The summed E-state index contributed by atoms with van der Waals surface area (Å²) in [6.07, 6.45) is 1.34. The molecule has 4 rings (SSSR count). The standard InChI is InChI=1S/C17H17N/c1-3-7-13(8-4-1)16-17(11-15(17)12-18-16)14-9-5-2-6-10-14/h1-10,15-16,18H,11-12H2/t15-,16+,17+/m0/s1. The molecule has 3 atom stereocenters. The molecule has 2 aromatic carbocycles. The molecule has 1 heterocycles. The molecule has 0 radical (unpaired) electrons. The highest BCUT2D eigenvalue weighted by Crippen LogP contribution is 2.64. The van der Waals surface area contributed by atoms with E-state index in [1.54, 1.807) is 0 Å². The van der Waals surface area contributed by atoms with Crippen LogP contribution in [0.3, 0.4) is 0 Å². The molecule has 1 N–H and O–H groups in total. The predicted molar refractivity (Wildman–Crippen MR) is 73.4 cm³/mol. The summed E-state index contributed by atoms with van der Waals surface area (Å²) in [6, 6.07) is 22.4. The van der Waals surface area contributed by atoms with Crippen molar-refractivity contribution in [1.82, 2.24) is 5.32 Å². The summed E-state index contributed by atoms with van der Waals surface area (Å²) in [7, 11) is 0. The lowest BCUT2D eigenvalue weighted by Crippen LogP contribution is -2.25. The number of fused-ring (bicyclic) bond motifs is 1. The molecule has 2 aromatic rings. The summed E-state index contributed by atoms with van der Waals surface area (Å²) in [5.41, 5.74) is 3.30. The molecule has 18 heavy (non-hydrogen) atoms. The van der Waals surface area contributed by atoms with Crippen molar-refractivity contribution in [3.63, 3.8) is 0 Å². The molecule has 1 saturated carbocycles. The van der Waals surface area contributed by atoms with Gasteiger partial charge in [-0.2, -0.15) is 0 Å². The van der Waals surface area contributed by atoms with Crippen molar-refractivity contribution in [3.8, 4) is 0 Å². The molecule has 1 aliphatic heterocycles. The highest BCUT2D eigenvalue weighted by molar-refractivity contribution is 5.43. The fraction of sp³-hybridized carbons (Fsp3) is 0.294. The molecule has 0 spiro atoms. The maximum atomic E-state index is 3.71. The summed E-state index contributed by atoms with van der Waals surface area (Å²) in [5, 5.41) is 3.71. The van der Waals surface area contributed by atoms with Crippen LogP contribution in [0.5, 0.6) is 0 Å². The van der Waals surface area contributed by atoms with E-state index >= 15 is 0 Å². The predicted octanol–water partition coefficient (Wildman–Crippen LogP) is 3.29. The number of rotatable bonds is 2. The molecule has 0 bridgehead atoms. The highest BCUT2D eigenvalue weighted by Gasteiger charge is 2.63. The summed E-state index contributed by atoms with van der Waals surface area (Å²) < 4.78 is 0. The van der Waals surface area contributed by atoms with Gasteiger partial charge in [0.2, 0.25) is 0 Å². The minimum Gasteiger partial charge on any atom is -0.309 e. The Labute approximate surface area is 108 Å². The van der Waals surface area contributed by atoms with Crippen LogP contribution in [-0.4, -0.2) is 6.54 Å². The number of hydrogen-bond donors (Lipinski definition) is 1. The van der Waals surface area contributed by atoms with Crippen molar-refractivity contribution in [3.05, 3.63) is 71.8 Å². The van der Waals surface area contributed by atoms with Gasteiger partial charge in [-0.1, -0.05) is 60.7 Å². The van der Waals surface area contributed by atoms with E-state index in [0.717, 1.165) is 12.5 Å². The monoisotopic (exact) mass is 235 g/mol. The molecular weight excluding hydrogens is 218 g/mol. The Morgan fingerprint density at radius 1 is 0.889 bits per heavy atom. The fourth-order valence-electron chi connectivity index (χ4n) is 3.73. The van der Waals surface area contributed by atoms with Gasteiger partial charge in [0.05, 0.1) is 0 Å².